The molecule has 0 radical (unpaired) electrons. The molecule has 1 saturated carbocycles. The molecule has 1 saturated heterocycles. The van der Waals surface area contributed by atoms with Gasteiger partial charge in [0.25, 0.3) is 5.91 Å². The molecule has 2 fully saturated rings. The van der Waals surface area contributed by atoms with Crippen molar-refractivity contribution in [3.05, 3.63) is 63.4 Å². The molecule has 8 heteroatoms. The van der Waals surface area contributed by atoms with Crippen LogP contribution in [-0.2, 0) is 15.1 Å². The summed E-state index contributed by atoms with van der Waals surface area (Å²) in [7, 11) is 0. The first-order chi connectivity index (χ1) is 14.9. The first-order valence-corrected chi connectivity index (χ1v) is 11.1. The molecular formula is C23H18Cl2FN3O2. The lowest BCUT2D eigenvalue weighted by Gasteiger charge is -2.39. The van der Waals surface area contributed by atoms with E-state index in [1.807, 2.05) is 6.07 Å². The lowest BCUT2D eigenvalue weighted by Crippen LogP contribution is -2.53. The van der Waals surface area contributed by atoms with Crippen LogP contribution in [0.1, 0.15) is 29.9 Å². The number of nitrogens with zero attached hydrogens (tertiary/aromatic N) is 2. The monoisotopic (exact) mass is 457 g/mol. The van der Waals surface area contributed by atoms with Gasteiger partial charge in [0.15, 0.2) is 0 Å². The highest BCUT2D eigenvalue weighted by Gasteiger charge is 2.69. The van der Waals surface area contributed by atoms with Crippen molar-refractivity contribution in [2.24, 2.45) is 16.8 Å². The molecule has 3 aliphatic heterocycles. The molecule has 1 N–H and O–H groups in total. The molecule has 4 aliphatic rings. The first-order valence-electron chi connectivity index (χ1n) is 10.3. The molecule has 0 unspecified atom stereocenters. The Hall–Kier alpha value is -2.28. The van der Waals surface area contributed by atoms with Gasteiger partial charge in [0, 0.05) is 35.0 Å². The topological polar surface area (TPSA) is 61.8 Å². The third-order valence-corrected chi connectivity index (χ3v) is 7.61. The Morgan fingerprint density at radius 1 is 1.19 bits per heavy atom. The van der Waals surface area contributed by atoms with Crippen LogP contribution in [0.2, 0.25) is 10.0 Å². The fraction of sp³-hybridized carbons (Fsp3) is 0.348. The fourth-order valence-electron chi connectivity index (χ4n) is 5.67. The Labute approximate surface area is 188 Å². The molecule has 31 heavy (non-hydrogen) atoms. The van der Waals surface area contributed by atoms with Gasteiger partial charge >= 0.3 is 0 Å². The Morgan fingerprint density at radius 2 is 2.00 bits per heavy atom. The molecule has 2 amide bonds. The molecule has 1 spiro atoms. The highest BCUT2D eigenvalue weighted by molar-refractivity contribution is 6.31. The number of rotatable bonds is 3. The van der Waals surface area contributed by atoms with E-state index in [9.17, 15) is 9.59 Å². The quantitative estimate of drug-likeness (QED) is 0.743. The van der Waals surface area contributed by atoms with Crippen LogP contribution >= 0.6 is 23.2 Å². The van der Waals surface area contributed by atoms with Crippen molar-refractivity contribution in [1.29, 1.82) is 0 Å². The largest absolute Gasteiger partial charge is 0.324 e. The van der Waals surface area contributed by atoms with E-state index in [0.29, 0.717) is 28.7 Å². The van der Waals surface area contributed by atoms with Crippen LogP contribution in [0.3, 0.4) is 0 Å². The van der Waals surface area contributed by atoms with E-state index < -0.39 is 23.2 Å². The Bertz CT molecular complexity index is 1180. The van der Waals surface area contributed by atoms with E-state index in [1.165, 1.54) is 6.07 Å². The molecule has 0 bridgehead atoms. The van der Waals surface area contributed by atoms with E-state index in [-0.39, 0.29) is 28.4 Å². The summed E-state index contributed by atoms with van der Waals surface area (Å²) < 4.78 is 15.4. The van der Waals surface area contributed by atoms with E-state index in [2.05, 4.69) is 15.2 Å². The molecule has 5 nitrogen and oxygen atoms in total. The summed E-state index contributed by atoms with van der Waals surface area (Å²) in [5.74, 6) is -2.21. The van der Waals surface area contributed by atoms with Crippen molar-refractivity contribution < 1.29 is 14.0 Å². The molecule has 158 valence electrons. The maximum Gasteiger partial charge on any atom is 0.251 e. The lowest BCUT2D eigenvalue weighted by atomic mass is 9.71. The fourth-order valence-corrected chi connectivity index (χ4v) is 6.03. The Morgan fingerprint density at radius 3 is 2.77 bits per heavy atom. The number of carbonyl (C=O) groups excluding carboxylic acids is 2. The van der Waals surface area contributed by atoms with E-state index in [0.717, 1.165) is 12.8 Å². The molecule has 2 aromatic carbocycles. The average Bonchev–Trinajstić information content (AvgIpc) is 3.33. The van der Waals surface area contributed by atoms with Crippen LogP contribution < -0.4 is 5.32 Å². The normalized spacial score (nSPS) is 31.4. The Kier molecular flexibility index (Phi) is 4.14. The smallest absolute Gasteiger partial charge is 0.251 e. The number of hydrogen-bond acceptors (Lipinski definition) is 3. The summed E-state index contributed by atoms with van der Waals surface area (Å²) in [4.78, 5) is 32.9. The second-order valence-corrected chi connectivity index (χ2v) is 9.60. The van der Waals surface area contributed by atoms with Crippen molar-refractivity contribution in [1.82, 2.24) is 4.90 Å². The Balaban J connectivity index is 1.65. The molecule has 3 heterocycles. The molecule has 6 rings (SSSR count). The van der Waals surface area contributed by atoms with Gasteiger partial charge in [-0.2, -0.15) is 0 Å². The number of amides is 2. The van der Waals surface area contributed by atoms with Crippen LogP contribution in [0, 0.1) is 17.7 Å². The number of hydrogen-bond donors (Lipinski definition) is 1. The summed E-state index contributed by atoms with van der Waals surface area (Å²) in [5.41, 5.74) is 0.320. The van der Waals surface area contributed by atoms with Crippen LogP contribution in [0.15, 0.2) is 41.4 Å². The molecule has 2 aromatic rings. The molecular weight excluding hydrogens is 440 g/mol. The summed E-state index contributed by atoms with van der Waals surface area (Å²) in [6, 6.07) is 9.61. The molecule has 0 aromatic heterocycles. The van der Waals surface area contributed by atoms with Crippen LogP contribution in [-0.4, -0.2) is 35.5 Å². The van der Waals surface area contributed by atoms with Gasteiger partial charge in [-0.3, -0.25) is 14.5 Å². The van der Waals surface area contributed by atoms with Crippen LogP contribution in [0.5, 0.6) is 0 Å². The van der Waals surface area contributed by atoms with Gasteiger partial charge in [0.2, 0.25) is 5.91 Å². The third-order valence-electron chi connectivity index (χ3n) is 7.08. The van der Waals surface area contributed by atoms with Crippen LogP contribution in [0.4, 0.5) is 10.1 Å². The third kappa shape index (κ3) is 2.55. The van der Waals surface area contributed by atoms with E-state index in [1.54, 1.807) is 30.5 Å². The standard InChI is InChI=1S/C23H18Cl2FN3O2/c24-12-6-7-14-16(8-12)28-22(31)23(14)19(13-2-1-3-15(25)20(13)26)18-17(9-27-21(18)30)29(23)10-11-4-5-11/h1-3,6-9,11,17-19H,4-5,10H2,(H,28,31)/t17-,18+,19-,23+/m0/s1. The second-order valence-electron chi connectivity index (χ2n) is 8.76. The SMILES string of the molecule is O=C1N=C[C@H]2[C@@H]1[C@H](c1cccc(Cl)c1F)[C@]1(C(=O)Nc3cc(Cl)ccc31)N2CC1CC1. The second kappa shape index (κ2) is 6.61. The molecule has 1 aliphatic carbocycles. The molecule has 4 atom stereocenters. The average molecular weight is 458 g/mol. The highest BCUT2D eigenvalue weighted by atomic mass is 35.5. The van der Waals surface area contributed by atoms with Gasteiger partial charge in [-0.05, 0) is 42.5 Å². The van der Waals surface area contributed by atoms with Crippen molar-refractivity contribution >= 4 is 46.9 Å². The van der Waals surface area contributed by atoms with Gasteiger partial charge in [0.1, 0.15) is 11.4 Å². The van der Waals surface area contributed by atoms with Gasteiger partial charge < -0.3 is 5.32 Å². The number of anilines is 1. The highest BCUT2D eigenvalue weighted by Crippen LogP contribution is 2.61. The predicted octanol–water partition coefficient (Wildman–Crippen LogP) is 4.39. The number of halogens is 3. The number of carbonyl (C=O) groups is 2. The van der Waals surface area contributed by atoms with Crippen LogP contribution in [0.25, 0.3) is 0 Å². The van der Waals surface area contributed by atoms with Gasteiger partial charge in [-0.15, -0.1) is 0 Å². The van der Waals surface area contributed by atoms with Gasteiger partial charge in [0.05, 0.1) is 17.0 Å². The minimum atomic E-state index is -1.24. The minimum absolute atomic E-state index is 0.0362. The summed E-state index contributed by atoms with van der Waals surface area (Å²) in [6.07, 6.45) is 3.77. The first kappa shape index (κ1) is 19.4. The lowest BCUT2D eigenvalue weighted by molar-refractivity contribution is -0.127. The number of nitrogens with one attached hydrogen (secondary N) is 1. The zero-order chi connectivity index (χ0) is 21.5. The number of benzene rings is 2. The van der Waals surface area contributed by atoms with E-state index >= 15 is 4.39 Å². The maximum absolute atomic E-state index is 15.4. The summed E-state index contributed by atoms with van der Waals surface area (Å²) >= 11 is 12.3. The predicted molar refractivity (Wildman–Crippen MR) is 116 cm³/mol. The number of aliphatic imine (C=N–C) groups is 1. The number of fused-ring (bicyclic) bond motifs is 3. The van der Waals surface area contributed by atoms with Crippen molar-refractivity contribution in [3.8, 4) is 0 Å². The minimum Gasteiger partial charge on any atom is -0.324 e. The van der Waals surface area contributed by atoms with Crippen molar-refractivity contribution in [3.63, 3.8) is 0 Å². The van der Waals surface area contributed by atoms with Crippen molar-refractivity contribution in [2.75, 3.05) is 11.9 Å². The van der Waals surface area contributed by atoms with Gasteiger partial charge in [-0.25, -0.2) is 9.38 Å². The van der Waals surface area contributed by atoms with E-state index in [4.69, 9.17) is 23.2 Å². The number of likely N-dealkylation sites (tertiary alicyclic amines) is 1. The summed E-state index contributed by atoms with van der Waals surface area (Å²) in [5, 5.41) is 3.41. The maximum atomic E-state index is 15.4. The van der Waals surface area contributed by atoms with Crippen molar-refractivity contribution in [2.45, 2.75) is 30.3 Å². The summed E-state index contributed by atoms with van der Waals surface area (Å²) in [6.45, 7) is 0.634. The zero-order valence-electron chi connectivity index (χ0n) is 16.3. The zero-order valence-corrected chi connectivity index (χ0v) is 17.8. The van der Waals surface area contributed by atoms with Gasteiger partial charge in [-0.1, -0.05) is 41.4 Å².